The lowest BCUT2D eigenvalue weighted by atomic mass is 9.97. The third kappa shape index (κ3) is 14.8. The lowest BCUT2D eigenvalue weighted by Gasteiger charge is -2.42. The van der Waals surface area contributed by atoms with Gasteiger partial charge in [0.1, 0.15) is 22.7 Å². The first-order valence-electron chi connectivity index (χ1n) is 27.0. The molecule has 4 aliphatic rings. The maximum Gasteiger partial charge on any atom is 0.410 e. The van der Waals surface area contributed by atoms with E-state index in [-0.39, 0.29) is 79.0 Å². The van der Waals surface area contributed by atoms with E-state index in [2.05, 4.69) is 5.32 Å². The summed E-state index contributed by atoms with van der Waals surface area (Å²) in [6.07, 6.45) is 2.37. The number of aryl methyl sites for hydroxylation is 2. The molecular weight excluding hydrogens is 961 g/mol. The van der Waals surface area contributed by atoms with Crippen molar-refractivity contribution in [3.8, 4) is 11.5 Å². The Bertz CT molecular complexity index is 2410. The van der Waals surface area contributed by atoms with Crippen molar-refractivity contribution in [2.75, 3.05) is 62.2 Å². The fourth-order valence-corrected chi connectivity index (χ4v) is 10.2. The number of anilines is 2. The molecule has 416 valence electrons. The summed E-state index contributed by atoms with van der Waals surface area (Å²) < 4.78 is 23.0. The normalized spacial score (nSPS) is 19.8. The molecule has 4 atom stereocenters. The number of ether oxygens (including phenoxy) is 4. The Morgan fingerprint density at radius 2 is 1.07 bits per heavy atom. The van der Waals surface area contributed by atoms with E-state index in [4.69, 9.17) is 24.7 Å². The fraction of sp³-hybridized carbons (Fsp3) is 0.661. The number of likely N-dealkylation sites (tertiary alicyclic amines) is 2. The van der Waals surface area contributed by atoms with Gasteiger partial charge in [-0.05, 0) is 157 Å². The molecule has 0 radical (unpaired) electrons. The molecule has 75 heavy (non-hydrogen) atoms. The third-order valence-electron chi connectivity index (χ3n) is 13.5. The van der Waals surface area contributed by atoms with Crippen molar-refractivity contribution in [1.29, 1.82) is 0 Å². The maximum atomic E-state index is 14.2. The van der Waals surface area contributed by atoms with Gasteiger partial charge in [-0.2, -0.15) is 0 Å². The summed E-state index contributed by atoms with van der Waals surface area (Å²) >= 11 is 0. The van der Waals surface area contributed by atoms with E-state index in [0.717, 1.165) is 36.8 Å². The van der Waals surface area contributed by atoms with Crippen LogP contribution in [0, 0.1) is 0 Å². The number of carbonyl (C=O) groups is 7. The van der Waals surface area contributed by atoms with Crippen LogP contribution in [-0.2, 0) is 36.7 Å². The molecule has 0 aliphatic carbocycles. The van der Waals surface area contributed by atoms with Gasteiger partial charge in [-0.3, -0.25) is 24.0 Å². The van der Waals surface area contributed by atoms with E-state index in [1.54, 1.807) is 45.6 Å². The number of hydrogen-bond donors (Lipinski definition) is 2. The molecule has 0 bridgehead atoms. The van der Waals surface area contributed by atoms with Crippen LogP contribution in [-0.4, -0.2) is 161 Å². The minimum absolute atomic E-state index is 0.0834. The number of nitrogens with one attached hydrogen (secondary N) is 1. The number of nitrogens with zero attached hydrogens (tertiary/aromatic N) is 6. The molecule has 4 heterocycles. The average molecular weight is 1050 g/mol. The summed E-state index contributed by atoms with van der Waals surface area (Å²) in [4.78, 5) is 101. The molecule has 0 saturated carbocycles. The van der Waals surface area contributed by atoms with Crippen LogP contribution in [0.5, 0.6) is 11.5 Å². The number of rotatable bonds is 13. The number of piperidine rings is 2. The minimum atomic E-state index is -0.672. The largest absolute Gasteiger partial charge is 0.479 e. The molecule has 7 amide bonds. The van der Waals surface area contributed by atoms with Crippen LogP contribution in [0.15, 0.2) is 24.3 Å². The van der Waals surface area contributed by atoms with Gasteiger partial charge in [-0.1, -0.05) is 13.8 Å². The number of benzene rings is 2. The highest BCUT2D eigenvalue weighted by Crippen LogP contribution is 2.40. The molecule has 0 aromatic heterocycles. The zero-order valence-electron chi connectivity index (χ0n) is 47.4. The molecule has 2 saturated heterocycles. The quantitative estimate of drug-likeness (QED) is 0.202. The van der Waals surface area contributed by atoms with Crippen molar-refractivity contribution in [2.45, 2.75) is 190 Å². The summed E-state index contributed by atoms with van der Waals surface area (Å²) in [6, 6.07) is 6.74. The van der Waals surface area contributed by atoms with Gasteiger partial charge in [0, 0.05) is 82.5 Å². The Morgan fingerprint density at radius 3 is 1.40 bits per heavy atom. The Morgan fingerprint density at radius 1 is 0.680 bits per heavy atom. The minimum Gasteiger partial charge on any atom is -0.479 e. The van der Waals surface area contributed by atoms with Crippen molar-refractivity contribution >= 4 is 53.1 Å². The van der Waals surface area contributed by atoms with E-state index in [0.29, 0.717) is 86.1 Å². The highest BCUT2D eigenvalue weighted by atomic mass is 16.6. The van der Waals surface area contributed by atoms with Crippen LogP contribution < -0.4 is 30.3 Å². The molecule has 19 nitrogen and oxygen atoms in total. The summed E-state index contributed by atoms with van der Waals surface area (Å²) in [5.74, 6) is 0.305. The van der Waals surface area contributed by atoms with Crippen molar-refractivity contribution in [2.24, 2.45) is 5.73 Å². The molecule has 19 heteroatoms. The maximum absolute atomic E-state index is 14.2. The monoisotopic (exact) mass is 1050 g/mol. The first-order chi connectivity index (χ1) is 35.1. The first kappa shape index (κ1) is 59.8. The van der Waals surface area contributed by atoms with Crippen LogP contribution >= 0.6 is 0 Å². The van der Waals surface area contributed by atoms with Crippen LogP contribution in [0.25, 0.3) is 0 Å². The third-order valence-corrected chi connectivity index (χ3v) is 13.5. The second-order valence-corrected chi connectivity index (χ2v) is 22.5. The average Bonchev–Trinajstić information content (AvgIpc) is 3.32. The van der Waals surface area contributed by atoms with E-state index in [1.807, 2.05) is 105 Å². The van der Waals surface area contributed by atoms with Crippen molar-refractivity contribution < 1.29 is 52.5 Å². The first-order valence-corrected chi connectivity index (χ1v) is 27.0. The van der Waals surface area contributed by atoms with Gasteiger partial charge in [-0.15, -0.1) is 0 Å². The predicted octanol–water partition coefficient (Wildman–Crippen LogP) is 7.32. The number of hydrogen-bond acceptors (Lipinski definition) is 12. The smallest absolute Gasteiger partial charge is 0.410 e. The lowest BCUT2D eigenvalue weighted by molar-refractivity contribution is -0.126. The Kier molecular flexibility index (Phi) is 20.0. The summed E-state index contributed by atoms with van der Waals surface area (Å²) in [7, 11) is 0. The van der Waals surface area contributed by atoms with Gasteiger partial charge >= 0.3 is 12.2 Å². The summed E-state index contributed by atoms with van der Waals surface area (Å²) in [5.41, 5.74) is 8.45. The van der Waals surface area contributed by atoms with Crippen molar-refractivity contribution in [1.82, 2.24) is 24.9 Å². The fourth-order valence-electron chi connectivity index (χ4n) is 10.2. The topological polar surface area (TPSA) is 214 Å². The number of fused-ring (bicyclic) bond motifs is 2. The summed E-state index contributed by atoms with van der Waals surface area (Å²) in [5, 5.41) is 2.73. The van der Waals surface area contributed by atoms with Gasteiger partial charge in [0.15, 0.2) is 12.2 Å². The number of nitrogens with two attached hydrogens (primary N) is 1. The Balaban J connectivity index is 0.000000278. The van der Waals surface area contributed by atoms with Crippen LogP contribution in [0.3, 0.4) is 0 Å². The van der Waals surface area contributed by atoms with E-state index in [1.165, 1.54) is 6.92 Å². The standard InChI is InChI=1S/C29H44N4O6.C27H42N4O5/c1-9-21-15-25-24(32(14-12-30-20(5)34)26(35)19(4)38-25)16-23(21)27(36)33(18(2)3)22-11-10-13-31(17-22)28(37)39-29(6,7)8;1-8-19-14-23-22(30(13-11-28)24(32)18(4)35-23)15-21(19)25(33)31(17(2)3)20-10-9-12-29(16-20)26(34)36-27(5,6)7/h15-16,18-19,22H,9-14,17H2,1-8H3,(H,30,34);14-15,17-18,20H,8-13,16,28H2,1-7H3/t19-,22-;18-,20-/m11/s1. The molecule has 2 fully saturated rings. The SMILES string of the molecule is CCc1cc2c(cc1C(=O)N(C(C)C)[C@@H]1CCCN(C(=O)OC(C)(C)C)C1)N(CCN)C(=O)[C@@H](C)O2.CCc1cc2c(cc1C(=O)N(C(C)C)[C@@H]1CCCN(C(=O)OC(C)(C)C)C1)N(CCNC(C)=O)C(=O)[C@@H](C)O2. The van der Waals surface area contributed by atoms with Gasteiger partial charge in [0.25, 0.3) is 23.6 Å². The van der Waals surface area contributed by atoms with Gasteiger partial charge in [-0.25, -0.2) is 9.59 Å². The molecule has 0 unspecified atom stereocenters. The molecule has 2 aromatic carbocycles. The summed E-state index contributed by atoms with van der Waals surface area (Å²) in [6.45, 7) is 31.0. The number of amides is 7. The zero-order valence-corrected chi connectivity index (χ0v) is 47.4. The van der Waals surface area contributed by atoms with Gasteiger partial charge < -0.3 is 59.4 Å². The Hall–Kier alpha value is -6.11. The molecular formula is C56H86N8O11. The number of carbonyl (C=O) groups excluding carboxylic acids is 7. The molecule has 4 aliphatic heterocycles. The highest BCUT2D eigenvalue weighted by Gasteiger charge is 2.40. The molecule has 0 spiro atoms. The van der Waals surface area contributed by atoms with Crippen molar-refractivity contribution in [3.05, 3.63) is 46.5 Å². The second-order valence-electron chi connectivity index (χ2n) is 22.5. The van der Waals surface area contributed by atoms with Crippen LogP contribution in [0.2, 0.25) is 0 Å². The Labute approximate surface area is 445 Å². The van der Waals surface area contributed by atoms with Crippen molar-refractivity contribution in [3.63, 3.8) is 0 Å². The lowest BCUT2D eigenvalue weighted by Crippen LogP contribution is -2.54. The predicted molar refractivity (Wildman–Crippen MR) is 289 cm³/mol. The second kappa shape index (κ2) is 25.2. The van der Waals surface area contributed by atoms with Crippen LogP contribution in [0.4, 0.5) is 21.0 Å². The molecule has 6 rings (SSSR count). The zero-order chi connectivity index (χ0) is 55.9. The van der Waals surface area contributed by atoms with Crippen LogP contribution in [0.1, 0.15) is 161 Å². The van der Waals surface area contributed by atoms with E-state index >= 15 is 0 Å². The molecule has 2 aromatic rings. The molecule has 3 N–H and O–H groups in total. The van der Waals surface area contributed by atoms with Gasteiger partial charge in [0.2, 0.25) is 5.91 Å². The van der Waals surface area contributed by atoms with E-state index in [9.17, 15) is 33.6 Å². The van der Waals surface area contributed by atoms with E-state index < -0.39 is 23.4 Å². The van der Waals surface area contributed by atoms with Gasteiger partial charge in [0.05, 0.1) is 23.5 Å². The highest BCUT2D eigenvalue weighted by molar-refractivity contribution is 6.04.